The van der Waals surface area contributed by atoms with Gasteiger partial charge >= 0.3 is 0 Å². The second kappa shape index (κ2) is 7.51. The van der Waals surface area contributed by atoms with Gasteiger partial charge in [-0.15, -0.1) is 12.4 Å². The van der Waals surface area contributed by atoms with Crippen LogP contribution in [0.3, 0.4) is 0 Å². The van der Waals surface area contributed by atoms with E-state index in [-0.39, 0.29) is 18.3 Å². The molecular formula is C15H23ClN2O. The van der Waals surface area contributed by atoms with Crippen LogP contribution in [0.1, 0.15) is 47.2 Å². The van der Waals surface area contributed by atoms with Gasteiger partial charge in [0, 0.05) is 12.1 Å². The molecule has 1 aromatic rings. The predicted molar refractivity (Wildman–Crippen MR) is 81.3 cm³/mol. The summed E-state index contributed by atoms with van der Waals surface area (Å²) in [4.78, 5) is 11.8. The topological polar surface area (TPSA) is 41.1 Å². The molecule has 1 aliphatic heterocycles. The highest BCUT2D eigenvalue weighted by molar-refractivity contribution is 5.95. The quantitative estimate of drug-likeness (QED) is 0.895. The molecule has 1 fully saturated rings. The molecule has 0 atom stereocenters. The standard InChI is InChI=1S/C15H22N2O.ClH/c1-3-17-15(18)14-5-4-13(10-11(14)2)12-6-8-16-9-7-12;/h4-5,10,12,16H,3,6-9H2,1-2H3,(H,17,18);1H. The van der Waals surface area contributed by atoms with E-state index in [1.807, 2.05) is 19.9 Å². The van der Waals surface area contributed by atoms with Crippen LogP contribution in [0.15, 0.2) is 18.2 Å². The number of piperidine rings is 1. The van der Waals surface area contributed by atoms with Gasteiger partial charge in [0.05, 0.1) is 0 Å². The Bertz CT molecular complexity index is 428. The van der Waals surface area contributed by atoms with Crippen LogP contribution in [0.25, 0.3) is 0 Å². The van der Waals surface area contributed by atoms with E-state index < -0.39 is 0 Å². The Hall–Kier alpha value is -1.06. The van der Waals surface area contributed by atoms with Crippen molar-refractivity contribution >= 4 is 18.3 Å². The lowest BCUT2D eigenvalue weighted by molar-refractivity contribution is 0.0955. The lowest BCUT2D eigenvalue weighted by Crippen LogP contribution is -2.27. The van der Waals surface area contributed by atoms with Gasteiger partial charge in [0.25, 0.3) is 5.91 Å². The predicted octanol–water partition coefficient (Wildman–Crippen LogP) is 2.63. The fraction of sp³-hybridized carbons (Fsp3) is 0.533. The Balaban J connectivity index is 0.00000180. The van der Waals surface area contributed by atoms with Crippen molar-refractivity contribution in [2.24, 2.45) is 0 Å². The molecule has 1 aliphatic rings. The molecule has 0 radical (unpaired) electrons. The summed E-state index contributed by atoms with van der Waals surface area (Å²) in [6.45, 7) is 6.84. The van der Waals surface area contributed by atoms with Gasteiger partial charge in [-0.05, 0) is 62.9 Å². The first-order valence-corrected chi connectivity index (χ1v) is 6.82. The van der Waals surface area contributed by atoms with Gasteiger partial charge in [0.2, 0.25) is 0 Å². The summed E-state index contributed by atoms with van der Waals surface area (Å²) in [5.74, 6) is 0.681. The molecule has 1 aromatic carbocycles. The number of aryl methyl sites for hydroxylation is 1. The van der Waals surface area contributed by atoms with E-state index in [9.17, 15) is 4.79 Å². The number of halogens is 1. The van der Waals surface area contributed by atoms with Gasteiger partial charge in [-0.3, -0.25) is 4.79 Å². The fourth-order valence-electron chi connectivity index (χ4n) is 2.61. The van der Waals surface area contributed by atoms with E-state index in [1.165, 1.54) is 18.4 Å². The Morgan fingerprint density at radius 3 is 2.63 bits per heavy atom. The Morgan fingerprint density at radius 1 is 1.37 bits per heavy atom. The Kier molecular flexibility index (Phi) is 6.32. The second-order valence-electron chi connectivity index (χ2n) is 4.96. The molecule has 106 valence electrons. The minimum absolute atomic E-state index is 0. The van der Waals surface area contributed by atoms with Crippen LogP contribution in [0.5, 0.6) is 0 Å². The summed E-state index contributed by atoms with van der Waals surface area (Å²) in [5.41, 5.74) is 3.26. The summed E-state index contributed by atoms with van der Waals surface area (Å²) in [6.07, 6.45) is 2.39. The molecule has 2 N–H and O–H groups in total. The van der Waals surface area contributed by atoms with Gasteiger partial charge in [-0.1, -0.05) is 12.1 Å². The van der Waals surface area contributed by atoms with Crippen molar-refractivity contribution in [2.75, 3.05) is 19.6 Å². The van der Waals surface area contributed by atoms with Gasteiger partial charge < -0.3 is 10.6 Å². The lowest BCUT2D eigenvalue weighted by atomic mass is 9.88. The molecule has 0 spiro atoms. The summed E-state index contributed by atoms with van der Waals surface area (Å²) in [5, 5.41) is 6.23. The summed E-state index contributed by atoms with van der Waals surface area (Å²) < 4.78 is 0. The highest BCUT2D eigenvalue weighted by atomic mass is 35.5. The van der Waals surface area contributed by atoms with E-state index in [4.69, 9.17) is 0 Å². The maximum Gasteiger partial charge on any atom is 0.251 e. The van der Waals surface area contributed by atoms with Gasteiger partial charge in [0.1, 0.15) is 0 Å². The molecule has 0 aliphatic carbocycles. The van der Waals surface area contributed by atoms with Crippen molar-refractivity contribution in [3.05, 3.63) is 34.9 Å². The summed E-state index contributed by atoms with van der Waals surface area (Å²) >= 11 is 0. The third-order valence-corrected chi connectivity index (χ3v) is 3.64. The molecule has 1 saturated heterocycles. The maximum absolute atomic E-state index is 11.8. The van der Waals surface area contributed by atoms with Crippen molar-refractivity contribution < 1.29 is 4.79 Å². The minimum Gasteiger partial charge on any atom is -0.352 e. The molecule has 19 heavy (non-hydrogen) atoms. The number of benzene rings is 1. The molecule has 0 bridgehead atoms. The minimum atomic E-state index is 0. The number of carbonyl (C=O) groups is 1. The first-order valence-electron chi connectivity index (χ1n) is 6.82. The zero-order valence-electron chi connectivity index (χ0n) is 11.7. The number of rotatable bonds is 3. The number of carbonyl (C=O) groups excluding carboxylic acids is 1. The van der Waals surface area contributed by atoms with Gasteiger partial charge in [-0.25, -0.2) is 0 Å². The monoisotopic (exact) mass is 282 g/mol. The number of amides is 1. The molecule has 3 nitrogen and oxygen atoms in total. The van der Waals surface area contributed by atoms with Crippen molar-refractivity contribution in [3.63, 3.8) is 0 Å². The zero-order valence-corrected chi connectivity index (χ0v) is 12.5. The smallest absolute Gasteiger partial charge is 0.251 e. The molecule has 2 rings (SSSR count). The SMILES string of the molecule is CCNC(=O)c1ccc(C2CCNCC2)cc1C.Cl. The van der Waals surface area contributed by atoms with E-state index in [2.05, 4.69) is 22.8 Å². The Morgan fingerprint density at radius 2 is 2.05 bits per heavy atom. The van der Waals surface area contributed by atoms with E-state index in [0.29, 0.717) is 12.5 Å². The van der Waals surface area contributed by atoms with Crippen LogP contribution in [0.2, 0.25) is 0 Å². The van der Waals surface area contributed by atoms with Crippen LogP contribution < -0.4 is 10.6 Å². The van der Waals surface area contributed by atoms with Crippen LogP contribution in [0, 0.1) is 6.92 Å². The fourth-order valence-corrected chi connectivity index (χ4v) is 2.61. The zero-order chi connectivity index (χ0) is 13.0. The van der Waals surface area contributed by atoms with Gasteiger partial charge in [0.15, 0.2) is 0 Å². The number of hydrogen-bond donors (Lipinski definition) is 2. The Labute approximate surface area is 121 Å². The molecule has 1 heterocycles. The summed E-state index contributed by atoms with van der Waals surface area (Å²) in [7, 11) is 0. The van der Waals surface area contributed by atoms with E-state index in [1.54, 1.807) is 0 Å². The van der Waals surface area contributed by atoms with E-state index in [0.717, 1.165) is 24.2 Å². The van der Waals surface area contributed by atoms with Crippen LogP contribution in [-0.4, -0.2) is 25.5 Å². The van der Waals surface area contributed by atoms with Crippen molar-refractivity contribution in [1.82, 2.24) is 10.6 Å². The molecular weight excluding hydrogens is 260 g/mol. The number of nitrogens with one attached hydrogen (secondary N) is 2. The first kappa shape index (κ1) is 16.0. The number of hydrogen-bond acceptors (Lipinski definition) is 2. The first-order chi connectivity index (χ1) is 8.72. The van der Waals surface area contributed by atoms with Crippen molar-refractivity contribution in [1.29, 1.82) is 0 Å². The van der Waals surface area contributed by atoms with Crippen molar-refractivity contribution in [3.8, 4) is 0 Å². The largest absolute Gasteiger partial charge is 0.352 e. The molecule has 0 saturated carbocycles. The van der Waals surface area contributed by atoms with Crippen LogP contribution in [-0.2, 0) is 0 Å². The highest BCUT2D eigenvalue weighted by Crippen LogP contribution is 2.26. The average molecular weight is 283 g/mol. The van der Waals surface area contributed by atoms with Crippen LogP contribution in [0.4, 0.5) is 0 Å². The highest BCUT2D eigenvalue weighted by Gasteiger charge is 2.16. The average Bonchev–Trinajstić information content (AvgIpc) is 2.40. The maximum atomic E-state index is 11.8. The second-order valence-corrected chi connectivity index (χ2v) is 4.96. The lowest BCUT2D eigenvalue weighted by Gasteiger charge is -2.23. The van der Waals surface area contributed by atoms with Gasteiger partial charge in [-0.2, -0.15) is 0 Å². The third-order valence-electron chi connectivity index (χ3n) is 3.64. The molecule has 4 heteroatoms. The third kappa shape index (κ3) is 3.95. The van der Waals surface area contributed by atoms with E-state index >= 15 is 0 Å². The summed E-state index contributed by atoms with van der Waals surface area (Å²) in [6, 6.07) is 6.27. The molecule has 0 unspecified atom stereocenters. The molecule has 1 amide bonds. The normalized spacial score (nSPS) is 15.7. The van der Waals surface area contributed by atoms with Crippen LogP contribution >= 0.6 is 12.4 Å². The molecule has 0 aromatic heterocycles. The van der Waals surface area contributed by atoms with Crippen molar-refractivity contribution in [2.45, 2.75) is 32.6 Å².